The molecule has 0 radical (unpaired) electrons. The van der Waals surface area contributed by atoms with E-state index in [1.807, 2.05) is 24.4 Å². The summed E-state index contributed by atoms with van der Waals surface area (Å²) in [6.07, 6.45) is 3.67. The molecule has 4 heterocycles. The van der Waals surface area contributed by atoms with E-state index in [2.05, 4.69) is 113 Å². The Morgan fingerprint density at radius 3 is 2.25 bits per heavy atom. The van der Waals surface area contributed by atoms with Crippen LogP contribution in [0.3, 0.4) is 0 Å². The zero-order chi connectivity index (χ0) is 28.8. The topological polar surface area (TPSA) is 56.7 Å². The molecule has 0 saturated heterocycles. The fourth-order valence-corrected chi connectivity index (χ4v) is 6.90. The van der Waals surface area contributed by atoms with Crippen LogP contribution >= 0.6 is 0 Å². The molecule has 0 N–H and O–H groups in total. The first-order chi connectivity index (χ1) is 21.8. The third-order valence-electron chi connectivity index (χ3n) is 8.86. The van der Waals surface area contributed by atoms with E-state index in [1.165, 1.54) is 5.39 Å². The highest BCUT2D eigenvalue weighted by Crippen LogP contribution is 2.40. The van der Waals surface area contributed by atoms with Crippen molar-refractivity contribution in [2.75, 3.05) is 0 Å². The molecular weight excluding hydrogens is 540 g/mol. The number of para-hydroxylation sites is 2. The summed E-state index contributed by atoms with van der Waals surface area (Å²) < 4.78 is 8.45. The lowest BCUT2D eigenvalue weighted by Gasteiger charge is -2.13. The molecule has 5 nitrogen and oxygen atoms in total. The van der Waals surface area contributed by atoms with Crippen molar-refractivity contribution in [3.8, 4) is 17.2 Å². The zero-order valence-corrected chi connectivity index (χ0v) is 23.4. The molecule has 44 heavy (non-hydrogen) atoms. The minimum absolute atomic E-state index is 0.632. The molecule has 0 aliphatic carbocycles. The number of aromatic nitrogens is 4. The lowest BCUT2D eigenvalue weighted by atomic mass is 10.0. The number of benzene rings is 6. The van der Waals surface area contributed by atoms with Crippen LogP contribution in [0.4, 0.5) is 0 Å². The average Bonchev–Trinajstić information content (AvgIpc) is 3.63. The fraction of sp³-hybridized carbons (Fsp3) is 0. The fourth-order valence-electron chi connectivity index (χ4n) is 6.90. The second kappa shape index (κ2) is 8.72. The van der Waals surface area contributed by atoms with Crippen molar-refractivity contribution in [3.63, 3.8) is 0 Å². The number of fused-ring (bicyclic) bond motifs is 11. The quantitative estimate of drug-likeness (QED) is 0.197. The van der Waals surface area contributed by atoms with Crippen LogP contribution in [0.2, 0.25) is 0 Å². The molecule has 10 aromatic rings. The van der Waals surface area contributed by atoms with Crippen molar-refractivity contribution in [1.29, 1.82) is 0 Å². The van der Waals surface area contributed by atoms with Gasteiger partial charge in [0.2, 0.25) is 5.95 Å². The van der Waals surface area contributed by atoms with E-state index in [9.17, 15) is 0 Å². The Kier molecular flexibility index (Phi) is 4.66. The molecule has 0 unspecified atom stereocenters. The highest BCUT2D eigenvalue weighted by molar-refractivity contribution is 6.23. The average molecular weight is 563 g/mol. The van der Waals surface area contributed by atoms with E-state index in [4.69, 9.17) is 14.4 Å². The van der Waals surface area contributed by atoms with Crippen LogP contribution in [0, 0.1) is 0 Å². The minimum Gasteiger partial charge on any atom is -0.456 e. The summed E-state index contributed by atoms with van der Waals surface area (Å²) in [6.45, 7) is 0. The molecule has 0 spiro atoms. The van der Waals surface area contributed by atoms with Crippen LogP contribution in [0.15, 0.2) is 138 Å². The molecule has 0 fully saturated rings. The van der Waals surface area contributed by atoms with Gasteiger partial charge in [-0.2, -0.15) is 0 Å². The molecule has 0 saturated carbocycles. The number of furan rings is 1. The lowest BCUT2D eigenvalue weighted by molar-refractivity contribution is 0.669. The molecule has 0 aliphatic rings. The van der Waals surface area contributed by atoms with E-state index >= 15 is 0 Å². The second-order valence-corrected chi connectivity index (χ2v) is 11.3. The molecular formula is C39H22N4O. The molecule has 6 aromatic carbocycles. The largest absolute Gasteiger partial charge is 0.456 e. The van der Waals surface area contributed by atoms with Gasteiger partial charge in [-0.25, -0.2) is 9.97 Å². The summed E-state index contributed by atoms with van der Waals surface area (Å²) in [7, 11) is 0. The maximum Gasteiger partial charge on any atom is 0.235 e. The van der Waals surface area contributed by atoms with Gasteiger partial charge in [-0.15, -0.1) is 0 Å². The van der Waals surface area contributed by atoms with E-state index in [-0.39, 0.29) is 0 Å². The molecule has 5 heteroatoms. The van der Waals surface area contributed by atoms with E-state index in [0.29, 0.717) is 5.95 Å². The normalized spacial score (nSPS) is 12.1. The number of nitrogens with zero attached hydrogens (tertiary/aromatic N) is 4. The van der Waals surface area contributed by atoms with E-state index in [1.54, 1.807) is 6.20 Å². The molecule has 0 amide bonds. The smallest absolute Gasteiger partial charge is 0.235 e. The summed E-state index contributed by atoms with van der Waals surface area (Å²) in [6, 6.07) is 42.3. The first-order valence-electron chi connectivity index (χ1n) is 14.7. The van der Waals surface area contributed by atoms with Gasteiger partial charge >= 0.3 is 0 Å². The van der Waals surface area contributed by atoms with Crippen LogP contribution in [0.25, 0.3) is 93.4 Å². The maximum atomic E-state index is 6.24. The van der Waals surface area contributed by atoms with Crippen molar-refractivity contribution in [1.82, 2.24) is 19.5 Å². The predicted octanol–water partition coefficient (Wildman–Crippen LogP) is 9.99. The third-order valence-corrected chi connectivity index (χ3v) is 8.86. The monoisotopic (exact) mass is 562 g/mol. The van der Waals surface area contributed by atoms with E-state index in [0.717, 1.165) is 82.1 Å². The molecule has 204 valence electrons. The van der Waals surface area contributed by atoms with Crippen LogP contribution < -0.4 is 0 Å². The summed E-state index contributed by atoms with van der Waals surface area (Å²) in [5, 5.41) is 10.1. The Balaban J connectivity index is 1.36. The first kappa shape index (κ1) is 23.5. The lowest BCUT2D eigenvalue weighted by Crippen LogP contribution is -2.04. The van der Waals surface area contributed by atoms with Crippen LogP contribution in [0.5, 0.6) is 0 Å². The predicted molar refractivity (Wildman–Crippen MR) is 179 cm³/mol. The second-order valence-electron chi connectivity index (χ2n) is 11.3. The molecule has 10 rings (SSSR count). The van der Waals surface area contributed by atoms with Gasteiger partial charge in [0.15, 0.2) is 0 Å². The van der Waals surface area contributed by atoms with Gasteiger partial charge in [0.05, 0.1) is 22.2 Å². The van der Waals surface area contributed by atoms with Gasteiger partial charge in [-0.1, -0.05) is 72.8 Å². The highest BCUT2D eigenvalue weighted by atomic mass is 16.3. The van der Waals surface area contributed by atoms with Gasteiger partial charge < -0.3 is 4.42 Å². The van der Waals surface area contributed by atoms with Crippen LogP contribution in [-0.2, 0) is 0 Å². The summed E-state index contributed by atoms with van der Waals surface area (Å²) >= 11 is 0. The summed E-state index contributed by atoms with van der Waals surface area (Å²) in [5.41, 5.74) is 6.65. The third kappa shape index (κ3) is 3.21. The molecule has 0 bridgehead atoms. The molecule has 0 aliphatic heterocycles. The zero-order valence-electron chi connectivity index (χ0n) is 23.4. The van der Waals surface area contributed by atoms with Gasteiger partial charge in [-0.3, -0.25) is 9.55 Å². The Labute approximate surface area is 250 Å². The van der Waals surface area contributed by atoms with Crippen molar-refractivity contribution in [2.24, 2.45) is 0 Å². The molecule has 0 atom stereocenters. The number of hydrogen-bond donors (Lipinski definition) is 0. The van der Waals surface area contributed by atoms with E-state index < -0.39 is 0 Å². The minimum atomic E-state index is 0.632. The first-order valence-corrected chi connectivity index (χ1v) is 14.7. The standard InChI is InChI=1S/C39H22N4O/c1-2-10-26-23(8-1)15-17-29-37(25-9-7-19-40-22-25)41-39(42-38(26)29)43-32-13-5-3-11-27(32)31-21-30-24(20-33(31)43)16-18-35-36(30)28-12-4-6-14-34(28)44-35/h1-22H. The van der Waals surface area contributed by atoms with Crippen LogP contribution in [0.1, 0.15) is 0 Å². The van der Waals surface area contributed by atoms with Crippen molar-refractivity contribution >= 4 is 76.2 Å². The Morgan fingerprint density at radius 2 is 1.34 bits per heavy atom. The summed E-state index contributed by atoms with van der Waals surface area (Å²) in [4.78, 5) is 15.0. The van der Waals surface area contributed by atoms with Gasteiger partial charge in [0.25, 0.3) is 0 Å². The highest BCUT2D eigenvalue weighted by Gasteiger charge is 2.20. The molecule has 4 aromatic heterocycles. The SMILES string of the molecule is c1cncc(-c2nc(-n3c4ccccc4c4cc5c(ccc6oc7ccccc7c65)cc43)nc3c2ccc2ccccc23)c1. The van der Waals surface area contributed by atoms with Gasteiger partial charge in [-0.05, 0) is 64.7 Å². The Bertz CT molecular complexity index is 2780. The Morgan fingerprint density at radius 1 is 0.523 bits per heavy atom. The van der Waals surface area contributed by atoms with Crippen molar-refractivity contribution in [2.45, 2.75) is 0 Å². The van der Waals surface area contributed by atoms with Crippen molar-refractivity contribution < 1.29 is 4.42 Å². The summed E-state index contributed by atoms with van der Waals surface area (Å²) in [5.74, 6) is 0.632. The maximum absolute atomic E-state index is 6.24. The van der Waals surface area contributed by atoms with Crippen molar-refractivity contribution in [3.05, 3.63) is 134 Å². The van der Waals surface area contributed by atoms with Gasteiger partial charge in [0.1, 0.15) is 11.2 Å². The number of rotatable bonds is 2. The number of pyridine rings is 1. The number of hydrogen-bond acceptors (Lipinski definition) is 4. The van der Waals surface area contributed by atoms with Crippen LogP contribution in [-0.4, -0.2) is 19.5 Å². The van der Waals surface area contributed by atoms with Gasteiger partial charge in [0, 0.05) is 50.3 Å². The Hall–Kier alpha value is -6.07.